The number of halogens is 1. The molecule has 1 atom stereocenters. The van der Waals surface area contributed by atoms with Gasteiger partial charge in [-0.3, -0.25) is 19.4 Å². The van der Waals surface area contributed by atoms with Crippen LogP contribution in [-0.2, 0) is 11.3 Å². The summed E-state index contributed by atoms with van der Waals surface area (Å²) >= 11 is 6.41. The van der Waals surface area contributed by atoms with Crippen LogP contribution in [0.1, 0.15) is 39.6 Å². The van der Waals surface area contributed by atoms with Gasteiger partial charge in [-0.1, -0.05) is 23.7 Å². The molecule has 0 aliphatic carbocycles. The summed E-state index contributed by atoms with van der Waals surface area (Å²) in [6, 6.07) is 13.0. The lowest BCUT2D eigenvalue weighted by Gasteiger charge is -2.27. The van der Waals surface area contributed by atoms with Gasteiger partial charge < -0.3 is 10.1 Å². The molecule has 0 spiro atoms. The number of rotatable bonds is 7. The van der Waals surface area contributed by atoms with Crippen molar-refractivity contribution in [2.24, 2.45) is 0 Å². The summed E-state index contributed by atoms with van der Waals surface area (Å²) in [5, 5.41) is 4.23. The van der Waals surface area contributed by atoms with E-state index in [1.54, 1.807) is 24.3 Å². The molecule has 0 unspecified atom stereocenters. The first-order valence-corrected chi connectivity index (χ1v) is 10.7. The second-order valence-corrected chi connectivity index (χ2v) is 8.24. The minimum Gasteiger partial charge on any atom is -0.383 e. The normalized spacial score (nSPS) is 17.9. The van der Waals surface area contributed by atoms with Crippen molar-refractivity contribution in [3.05, 3.63) is 64.2 Å². The molecule has 4 rings (SSSR count). The monoisotopic (exact) mass is 427 g/mol. The largest absolute Gasteiger partial charge is 0.383 e. The van der Waals surface area contributed by atoms with Gasteiger partial charge in [0.05, 0.1) is 24.3 Å². The number of morpholine rings is 1. The topological polar surface area (TPSA) is 61.9 Å². The van der Waals surface area contributed by atoms with Crippen molar-refractivity contribution in [1.82, 2.24) is 9.80 Å². The molecule has 2 amide bonds. The van der Waals surface area contributed by atoms with Crippen LogP contribution < -0.4 is 5.32 Å². The average Bonchev–Trinajstić information content (AvgIpc) is 3.00. The molecule has 6 nitrogen and oxygen atoms in total. The lowest BCUT2D eigenvalue weighted by Crippen LogP contribution is -2.35. The highest BCUT2D eigenvalue weighted by atomic mass is 35.5. The molecule has 2 heterocycles. The van der Waals surface area contributed by atoms with Crippen molar-refractivity contribution >= 4 is 29.1 Å². The molecule has 0 bridgehead atoms. The number of imide groups is 1. The molecular formula is C23H26ClN3O3. The molecule has 2 aliphatic rings. The highest BCUT2D eigenvalue weighted by Gasteiger charge is 2.34. The molecule has 0 aromatic heterocycles. The van der Waals surface area contributed by atoms with E-state index in [1.807, 2.05) is 12.1 Å². The number of fused-ring (bicyclic) bond motifs is 1. The average molecular weight is 428 g/mol. The van der Waals surface area contributed by atoms with Crippen molar-refractivity contribution < 1.29 is 14.3 Å². The number of carbonyl (C=O) groups is 2. The molecule has 0 radical (unpaired) electrons. The quantitative estimate of drug-likeness (QED) is 0.683. The van der Waals surface area contributed by atoms with Gasteiger partial charge in [-0.15, -0.1) is 0 Å². The molecule has 2 aromatic carbocycles. The van der Waals surface area contributed by atoms with Gasteiger partial charge >= 0.3 is 0 Å². The van der Waals surface area contributed by atoms with Crippen LogP contribution in [0, 0.1) is 0 Å². The maximum atomic E-state index is 12.5. The van der Waals surface area contributed by atoms with E-state index in [4.69, 9.17) is 16.3 Å². The first kappa shape index (κ1) is 20.8. The van der Waals surface area contributed by atoms with Crippen LogP contribution in [0.5, 0.6) is 0 Å². The SMILES string of the molecule is C[C@H](CCN1C(=O)c2ccccc2C1=O)Nc1ccc(Cl)c(CN2CCOCC2)c1. The van der Waals surface area contributed by atoms with E-state index < -0.39 is 0 Å². The predicted octanol–water partition coefficient (Wildman–Crippen LogP) is 3.66. The Hall–Kier alpha value is -2.41. The van der Waals surface area contributed by atoms with Crippen LogP contribution in [0.3, 0.4) is 0 Å². The fourth-order valence-corrected chi connectivity index (χ4v) is 4.08. The fraction of sp³-hybridized carbons (Fsp3) is 0.391. The maximum absolute atomic E-state index is 12.5. The van der Waals surface area contributed by atoms with Gasteiger partial charge in [-0.2, -0.15) is 0 Å². The zero-order chi connectivity index (χ0) is 21.1. The number of nitrogens with zero attached hydrogens (tertiary/aromatic N) is 2. The van der Waals surface area contributed by atoms with Gasteiger partial charge in [-0.25, -0.2) is 0 Å². The summed E-state index contributed by atoms with van der Waals surface area (Å²) in [6.07, 6.45) is 0.660. The third-order valence-electron chi connectivity index (χ3n) is 5.62. The fourth-order valence-electron chi connectivity index (χ4n) is 3.91. The highest BCUT2D eigenvalue weighted by Crippen LogP contribution is 2.25. The van der Waals surface area contributed by atoms with Crippen LogP contribution in [0.2, 0.25) is 5.02 Å². The smallest absolute Gasteiger partial charge is 0.261 e. The third-order valence-corrected chi connectivity index (χ3v) is 5.99. The number of carbonyl (C=O) groups excluding carboxylic acids is 2. The zero-order valence-electron chi connectivity index (χ0n) is 17.1. The summed E-state index contributed by atoms with van der Waals surface area (Å²) in [5.41, 5.74) is 3.05. The number of nitrogens with one attached hydrogen (secondary N) is 1. The first-order chi connectivity index (χ1) is 14.5. The Kier molecular flexibility index (Phi) is 6.37. The Labute approximate surface area is 181 Å². The minimum absolute atomic E-state index is 0.0896. The lowest BCUT2D eigenvalue weighted by molar-refractivity contribution is 0.0342. The number of amides is 2. The van der Waals surface area contributed by atoms with E-state index >= 15 is 0 Å². The second-order valence-electron chi connectivity index (χ2n) is 7.84. The van der Waals surface area contributed by atoms with E-state index in [2.05, 4.69) is 23.2 Å². The summed E-state index contributed by atoms with van der Waals surface area (Å²) in [6.45, 7) is 6.55. The molecule has 1 fully saturated rings. The molecule has 1 N–H and O–H groups in total. The molecule has 30 heavy (non-hydrogen) atoms. The Morgan fingerprint density at radius 2 is 1.73 bits per heavy atom. The highest BCUT2D eigenvalue weighted by molar-refractivity contribution is 6.31. The third kappa shape index (κ3) is 4.51. The Morgan fingerprint density at radius 3 is 2.40 bits per heavy atom. The van der Waals surface area contributed by atoms with E-state index in [9.17, 15) is 9.59 Å². The summed E-state index contributed by atoms with van der Waals surface area (Å²) in [7, 11) is 0. The Balaban J connectivity index is 1.34. The van der Waals surface area contributed by atoms with E-state index in [0.717, 1.165) is 49.1 Å². The van der Waals surface area contributed by atoms with Crippen molar-refractivity contribution in [3.63, 3.8) is 0 Å². The van der Waals surface area contributed by atoms with Crippen LogP contribution in [0.4, 0.5) is 5.69 Å². The van der Waals surface area contributed by atoms with Crippen LogP contribution in [0.25, 0.3) is 0 Å². The molecule has 2 aromatic rings. The minimum atomic E-state index is -0.206. The van der Waals surface area contributed by atoms with Crippen LogP contribution in [0.15, 0.2) is 42.5 Å². The summed E-state index contributed by atoms with van der Waals surface area (Å²) < 4.78 is 5.41. The van der Waals surface area contributed by atoms with Crippen molar-refractivity contribution in [2.75, 3.05) is 38.2 Å². The second kappa shape index (κ2) is 9.16. The molecule has 7 heteroatoms. The number of anilines is 1. The first-order valence-electron chi connectivity index (χ1n) is 10.3. The molecule has 0 saturated carbocycles. The van der Waals surface area contributed by atoms with Gasteiger partial charge in [0.15, 0.2) is 0 Å². The molecular weight excluding hydrogens is 402 g/mol. The van der Waals surface area contributed by atoms with Gasteiger partial charge in [0.25, 0.3) is 11.8 Å². The number of ether oxygens (including phenoxy) is 1. The molecule has 2 aliphatic heterocycles. The number of hydrogen-bond donors (Lipinski definition) is 1. The summed E-state index contributed by atoms with van der Waals surface area (Å²) in [4.78, 5) is 28.7. The van der Waals surface area contributed by atoms with Crippen LogP contribution >= 0.6 is 11.6 Å². The van der Waals surface area contributed by atoms with E-state index in [1.165, 1.54) is 4.90 Å². The molecule has 158 valence electrons. The van der Waals surface area contributed by atoms with Crippen LogP contribution in [-0.4, -0.2) is 60.5 Å². The van der Waals surface area contributed by atoms with Crippen molar-refractivity contribution in [1.29, 1.82) is 0 Å². The Morgan fingerprint density at radius 1 is 1.07 bits per heavy atom. The standard InChI is InChI=1S/C23H26ClN3O3/c1-16(8-9-27-22(28)19-4-2-3-5-20(19)23(27)29)25-18-6-7-21(24)17(14-18)15-26-10-12-30-13-11-26/h2-7,14,16,25H,8-13,15H2,1H3/t16-/m1/s1. The van der Waals surface area contributed by atoms with Crippen molar-refractivity contribution in [3.8, 4) is 0 Å². The van der Waals surface area contributed by atoms with Gasteiger partial charge in [0.2, 0.25) is 0 Å². The maximum Gasteiger partial charge on any atom is 0.261 e. The number of benzene rings is 2. The van der Waals surface area contributed by atoms with Gasteiger partial charge in [-0.05, 0) is 49.2 Å². The number of hydrogen-bond acceptors (Lipinski definition) is 5. The van der Waals surface area contributed by atoms with Gasteiger partial charge in [0, 0.05) is 42.9 Å². The summed E-state index contributed by atoms with van der Waals surface area (Å²) in [5.74, 6) is -0.413. The predicted molar refractivity (Wildman–Crippen MR) is 117 cm³/mol. The van der Waals surface area contributed by atoms with Gasteiger partial charge in [0.1, 0.15) is 0 Å². The Bertz CT molecular complexity index is 908. The van der Waals surface area contributed by atoms with E-state index in [-0.39, 0.29) is 17.9 Å². The molecule has 1 saturated heterocycles. The van der Waals surface area contributed by atoms with E-state index in [0.29, 0.717) is 24.1 Å². The zero-order valence-corrected chi connectivity index (χ0v) is 17.8. The lowest BCUT2D eigenvalue weighted by atomic mass is 10.1. The van der Waals surface area contributed by atoms with Crippen molar-refractivity contribution in [2.45, 2.75) is 25.9 Å².